The van der Waals surface area contributed by atoms with E-state index in [1.54, 1.807) is 11.8 Å². The lowest BCUT2D eigenvalue weighted by molar-refractivity contribution is 0.781. The zero-order valence-electron chi connectivity index (χ0n) is 10.9. The minimum absolute atomic E-state index is 0.355. The van der Waals surface area contributed by atoms with Crippen molar-refractivity contribution in [2.75, 3.05) is 19.4 Å². The van der Waals surface area contributed by atoms with Gasteiger partial charge in [-0.1, -0.05) is 18.7 Å². The van der Waals surface area contributed by atoms with Crippen molar-refractivity contribution >= 4 is 22.5 Å². The van der Waals surface area contributed by atoms with Crippen molar-refractivity contribution in [3.8, 4) is 0 Å². The Morgan fingerprint density at radius 2 is 2.24 bits per heavy atom. The average molecular weight is 249 g/mol. The van der Waals surface area contributed by atoms with Gasteiger partial charge in [-0.25, -0.2) is 4.98 Å². The molecule has 0 radical (unpaired) electrons. The Kier molecular flexibility index (Phi) is 3.43. The normalized spacial score (nSPS) is 18.0. The molecule has 0 amide bonds. The summed E-state index contributed by atoms with van der Waals surface area (Å²) in [5, 5.41) is 5.32. The molecule has 1 aromatic heterocycles. The first-order chi connectivity index (χ1) is 8.09. The standard InChI is InChI=1S/C13H19N3S/c1-9(14-3)17-12-7-10(13(2)5-6-13)11(15-4)8-16-12/h7-8,15H,5-6H2,1-4H3. The van der Waals surface area contributed by atoms with Crippen LogP contribution in [0.2, 0.25) is 0 Å². The van der Waals surface area contributed by atoms with Crippen LogP contribution in [0.25, 0.3) is 0 Å². The maximum absolute atomic E-state index is 4.46. The van der Waals surface area contributed by atoms with Gasteiger partial charge in [-0.3, -0.25) is 4.99 Å². The molecule has 0 saturated heterocycles. The molecule has 1 N–H and O–H groups in total. The molecule has 92 valence electrons. The van der Waals surface area contributed by atoms with Crippen molar-refractivity contribution in [2.24, 2.45) is 4.99 Å². The second kappa shape index (κ2) is 4.69. The van der Waals surface area contributed by atoms with E-state index in [1.807, 2.05) is 27.2 Å². The molecule has 17 heavy (non-hydrogen) atoms. The third-order valence-corrected chi connectivity index (χ3v) is 4.28. The summed E-state index contributed by atoms with van der Waals surface area (Å²) in [5.74, 6) is 0. The zero-order valence-corrected chi connectivity index (χ0v) is 11.7. The number of aliphatic imine (C=N–C) groups is 1. The molecule has 1 saturated carbocycles. The Hall–Kier alpha value is -1.03. The van der Waals surface area contributed by atoms with Gasteiger partial charge in [0, 0.05) is 14.1 Å². The van der Waals surface area contributed by atoms with Gasteiger partial charge in [-0.05, 0) is 36.8 Å². The molecule has 1 heterocycles. The summed E-state index contributed by atoms with van der Waals surface area (Å²) < 4.78 is 0. The maximum Gasteiger partial charge on any atom is 0.102 e. The van der Waals surface area contributed by atoms with Crippen LogP contribution in [0.4, 0.5) is 5.69 Å². The maximum atomic E-state index is 4.46. The molecule has 0 bridgehead atoms. The topological polar surface area (TPSA) is 37.3 Å². The quantitative estimate of drug-likeness (QED) is 0.507. The number of thioether (sulfide) groups is 1. The van der Waals surface area contributed by atoms with Crippen LogP contribution in [0.5, 0.6) is 0 Å². The smallest absolute Gasteiger partial charge is 0.102 e. The highest BCUT2D eigenvalue weighted by atomic mass is 32.2. The van der Waals surface area contributed by atoms with E-state index < -0.39 is 0 Å². The molecule has 0 aromatic carbocycles. The fourth-order valence-corrected chi connectivity index (χ4v) is 2.52. The van der Waals surface area contributed by atoms with Crippen LogP contribution >= 0.6 is 11.8 Å². The van der Waals surface area contributed by atoms with Crippen LogP contribution in [0, 0.1) is 0 Å². The van der Waals surface area contributed by atoms with Crippen LogP contribution in [-0.4, -0.2) is 24.1 Å². The van der Waals surface area contributed by atoms with E-state index in [2.05, 4.69) is 28.3 Å². The lowest BCUT2D eigenvalue weighted by Crippen LogP contribution is -2.06. The van der Waals surface area contributed by atoms with Gasteiger partial charge in [0.15, 0.2) is 0 Å². The molecular weight excluding hydrogens is 230 g/mol. The van der Waals surface area contributed by atoms with Gasteiger partial charge in [-0.2, -0.15) is 0 Å². The molecular formula is C13H19N3S. The van der Waals surface area contributed by atoms with Gasteiger partial charge in [0.25, 0.3) is 0 Å². The average Bonchev–Trinajstić information content (AvgIpc) is 3.08. The number of hydrogen-bond acceptors (Lipinski definition) is 4. The van der Waals surface area contributed by atoms with Gasteiger partial charge in [0.1, 0.15) is 5.03 Å². The molecule has 0 aliphatic heterocycles. The van der Waals surface area contributed by atoms with E-state index >= 15 is 0 Å². The molecule has 2 rings (SSSR count). The lowest BCUT2D eigenvalue weighted by Gasteiger charge is -2.15. The van der Waals surface area contributed by atoms with Crippen molar-refractivity contribution in [3.63, 3.8) is 0 Å². The highest BCUT2D eigenvalue weighted by Gasteiger charge is 2.40. The SMILES string of the molecule is CN=C(C)Sc1cc(C2(C)CC2)c(NC)cn1. The second-order valence-electron chi connectivity index (χ2n) is 4.72. The summed E-state index contributed by atoms with van der Waals surface area (Å²) in [7, 11) is 3.77. The predicted octanol–water partition coefficient (Wildman–Crippen LogP) is 3.32. The molecule has 0 atom stereocenters. The van der Waals surface area contributed by atoms with Crippen LogP contribution in [-0.2, 0) is 5.41 Å². The molecule has 1 aliphatic carbocycles. The Labute approximate surface area is 107 Å². The molecule has 1 fully saturated rings. The Bertz CT molecular complexity index is 450. The van der Waals surface area contributed by atoms with E-state index in [0.29, 0.717) is 5.41 Å². The number of rotatable bonds is 3. The van der Waals surface area contributed by atoms with Gasteiger partial charge in [0.2, 0.25) is 0 Å². The van der Waals surface area contributed by atoms with Crippen molar-refractivity contribution in [3.05, 3.63) is 17.8 Å². The fraction of sp³-hybridized carbons (Fsp3) is 0.538. The first kappa shape index (κ1) is 12.4. The number of pyridine rings is 1. The summed E-state index contributed by atoms with van der Waals surface area (Å²) >= 11 is 1.63. The number of hydrogen-bond donors (Lipinski definition) is 1. The van der Waals surface area contributed by atoms with Crippen LogP contribution in [0.3, 0.4) is 0 Å². The van der Waals surface area contributed by atoms with Crippen LogP contribution in [0.15, 0.2) is 22.3 Å². The Balaban J connectivity index is 2.32. The van der Waals surface area contributed by atoms with Gasteiger partial charge >= 0.3 is 0 Å². The minimum atomic E-state index is 0.355. The first-order valence-electron chi connectivity index (χ1n) is 5.88. The summed E-state index contributed by atoms with van der Waals surface area (Å²) in [6.07, 6.45) is 4.48. The third kappa shape index (κ3) is 2.63. The minimum Gasteiger partial charge on any atom is -0.387 e. The number of nitrogens with zero attached hydrogens (tertiary/aromatic N) is 2. The van der Waals surface area contributed by atoms with Crippen molar-refractivity contribution in [1.82, 2.24) is 4.98 Å². The van der Waals surface area contributed by atoms with E-state index in [0.717, 1.165) is 15.8 Å². The molecule has 0 unspecified atom stereocenters. The lowest BCUT2D eigenvalue weighted by atomic mass is 9.98. The summed E-state index contributed by atoms with van der Waals surface area (Å²) in [6.45, 7) is 4.33. The summed E-state index contributed by atoms with van der Waals surface area (Å²) in [6, 6.07) is 2.21. The zero-order chi connectivity index (χ0) is 12.5. The van der Waals surface area contributed by atoms with Crippen molar-refractivity contribution < 1.29 is 0 Å². The van der Waals surface area contributed by atoms with E-state index in [4.69, 9.17) is 0 Å². The number of aromatic nitrogens is 1. The van der Waals surface area contributed by atoms with E-state index in [-0.39, 0.29) is 0 Å². The second-order valence-corrected chi connectivity index (χ2v) is 5.94. The first-order valence-corrected chi connectivity index (χ1v) is 6.70. The number of anilines is 1. The molecule has 1 aliphatic rings. The number of nitrogens with one attached hydrogen (secondary N) is 1. The summed E-state index contributed by atoms with van der Waals surface area (Å²) in [5.41, 5.74) is 2.90. The summed E-state index contributed by atoms with van der Waals surface area (Å²) in [4.78, 5) is 8.62. The fourth-order valence-electron chi connectivity index (χ4n) is 1.84. The van der Waals surface area contributed by atoms with Gasteiger partial charge in [0.05, 0.1) is 16.9 Å². The molecule has 0 spiro atoms. The Morgan fingerprint density at radius 3 is 2.76 bits per heavy atom. The van der Waals surface area contributed by atoms with Crippen LogP contribution in [0.1, 0.15) is 32.3 Å². The van der Waals surface area contributed by atoms with E-state index in [1.165, 1.54) is 18.4 Å². The van der Waals surface area contributed by atoms with Crippen molar-refractivity contribution in [1.29, 1.82) is 0 Å². The van der Waals surface area contributed by atoms with Crippen LogP contribution < -0.4 is 5.32 Å². The highest BCUT2D eigenvalue weighted by Crippen LogP contribution is 2.50. The van der Waals surface area contributed by atoms with E-state index in [9.17, 15) is 0 Å². The predicted molar refractivity (Wildman–Crippen MR) is 75.3 cm³/mol. The molecule has 4 heteroatoms. The van der Waals surface area contributed by atoms with Gasteiger partial charge in [-0.15, -0.1) is 0 Å². The van der Waals surface area contributed by atoms with Gasteiger partial charge < -0.3 is 5.32 Å². The third-order valence-electron chi connectivity index (χ3n) is 3.37. The Morgan fingerprint density at radius 1 is 1.53 bits per heavy atom. The molecule has 1 aromatic rings. The highest BCUT2D eigenvalue weighted by molar-refractivity contribution is 8.13. The van der Waals surface area contributed by atoms with Crippen molar-refractivity contribution in [2.45, 2.75) is 37.1 Å². The monoisotopic (exact) mass is 249 g/mol. The molecule has 3 nitrogen and oxygen atoms in total. The largest absolute Gasteiger partial charge is 0.387 e.